The lowest BCUT2D eigenvalue weighted by atomic mass is 10.1. The van der Waals surface area contributed by atoms with Crippen molar-refractivity contribution in [3.63, 3.8) is 0 Å². The molecule has 2 amide bonds. The van der Waals surface area contributed by atoms with Crippen molar-refractivity contribution in [3.8, 4) is 0 Å². The highest BCUT2D eigenvalue weighted by atomic mass is 16.2. The van der Waals surface area contributed by atoms with Crippen molar-refractivity contribution >= 4 is 11.8 Å². The van der Waals surface area contributed by atoms with Gasteiger partial charge in [-0.05, 0) is 31.6 Å². The van der Waals surface area contributed by atoms with Crippen LogP contribution in [0.5, 0.6) is 0 Å². The molecule has 4 nitrogen and oxygen atoms in total. The Morgan fingerprint density at radius 1 is 1.15 bits per heavy atom. The first-order valence-electron chi connectivity index (χ1n) is 8.07. The fourth-order valence-corrected chi connectivity index (χ4v) is 2.48. The zero-order chi connectivity index (χ0) is 15.1. The first kappa shape index (κ1) is 17.0. The van der Waals surface area contributed by atoms with Gasteiger partial charge >= 0.3 is 0 Å². The molecule has 1 fully saturated rings. The summed E-state index contributed by atoms with van der Waals surface area (Å²) < 4.78 is 0. The molecule has 4 heteroatoms. The summed E-state index contributed by atoms with van der Waals surface area (Å²) in [7, 11) is 0. The minimum atomic E-state index is -0.0779. The summed E-state index contributed by atoms with van der Waals surface area (Å²) in [6.07, 6.45) is 3.68. The molecule has 116 valence electrons. The third-order valence-corrected chi connectivity index (χ3v) is 3.76. The van der Waals surface area contributed by atoms with E-state index < -0.39 is 0 Å². The third kappa shape index (κ3) is 5.14. The Labute approximate surface area is 123 Å². The van der Waals surface area contributed by atoms with Crippen molar-refractivity contribution in [1.29, 1.82) is 0 Å². The highest BCUT2D eigenvalue weighted by Gasteiger charge is 2.49. The van der Waals surface area contributed by atoms with Crippen LogP contribution in [-0.4, -0.2) is 36.3 Å². The van der Waals surface area contributed by atoms with Crippen LogP contribution in [0.25, 0.3) is 0 Å². The molecular formula is C16H30N2O2. The van der Waals surface area contributed by atoms with Gasteiger partial charge in [0.1, 0.15) is 0 Å². The van der Waals surface area contributed by atoms with Crippen LogP contribution in [0.1, 0.15) is 53.4 Å². The molecule has 1 aliphatic rings. The lowest BCUT2D eigenvalue weighted by molar-refractivity contribution is -0.134. The maximum Gasteiger partial charge on any atom is 0.226 e. The van der Waals surface area contributed by atoms with Crippen molar-refractivity contribution in [3.05, 3.63) is 0 Å². The van der Waals surface area contributed by atoms with E-state index in [4.69, 9.17) is 0 Å². The second kappa shape index (κ2) is 8.28. The summed E-state index contributed by atoms with van der Waals surface area (Å²) in [6.45, 7) is 10.8. The zero-order valence-electron chi connectivity index (χ0n) is 13.4. The number of hydrogen-bond acceptors (Lipinski definition) is 2. The van der Waals surface area contributed by atoms with E-state index in [2.05, 4.69) is 33.0 Å². The number of carbonyl (C=O) groups is 2. The highest BCUT2D eigenvalue weighted by molar-refractivity contribution is 5.92. The quantitative estimate of drug-likeness (QED) is 0.706. The molecule has 20 heavy (non-hydrogen) atoms. The molecule has 1 aliphatic carbocycles. The molecule has 0 heterocycles. The van der Waals surface area contributed by atoms with Gasteiger partial charge in [-0.15, -0.1) is 0 Å². The molecule has 2 unspecified atom stereocenters. The lowest BCUT2D eigenvalue weighted by Gasteiger charge is -2.21. The van der Waals surface area contributed by atoms with Gasteiger partial charge < -0.3 is 10.2 Å². The topological polar surface area (TPSA) is 49.4 Å². The van der Waals surface area contributed by atoms with E-state index in [9.17, 15) is 9.59 Å². The van der Waals surface area contributed by atoms with E-state index in [0.717, 1.165) is 45.3 Å². The van der Waals surface area contributed by atoms with Crippen LogP contribution in [0.2, 0.25) is 0 Å². The van der Waals surface area contributed by atoms with Crippen LogP contribution in [0.3, 0.4) is 0 Å². The molecule has 1 rings (SSSR count). The van der Waals surface area contributed by atoms with E-state index in [1.165, 1.54) is 0 Å². The minimum Gasteiger partial charge on any atom is -0.356 e. The Bertz CT molecular complexity index is 322. The van der Waals surface area contributed by atoms with E-state index in [0.29, 0.717) is 5.92 Å². The molecule has 0 aromatic rings. The average molecular weight is 282 g/mol. The smallest absolute Gasteiger partial charge is 0.226 e. The van der Waals surface area contributed by atoms with Gasteiger partial charge in [0.2, 0.25) is 11.8 Å². The van der Waals surface area contributed by atoms with Gasteiger partial charge in [0.15, 0.2) is 0 Å². The van der Waals surface area contributed by atoms with Crippen molar-refractivity contribution in [2.45, 2.75) is 53.4 Å². The molecule has 0 spiro atoms. The van der Waals surface area contributed by atoms with Crippen LogP contribution in [0, 0.1) is 17.8 Å². The lowest BCUT2D eigenvalue weighted by Crippen LogP contribution is -2.35. The van der Waals surface area contributed by atoms with Crippen molar-refractivity contribution in [2.24, 2.45) is 17.8 Å². The van der Waals surface area contributed by atoms with Gasteiger partial charge in [-0.2, -0.15) is 0 Å². The number of carbonyl (C=O) groups excluding carboxylic acids is 2. The molecule has 0 aliphatic heterocycles. The summed E-state index contributed by atoms with van der Waals surface area (Å²) in [6, 6.07) is 0. The second-order valence-corrected chi connectivity index (χ2v) is 6.25. The van der Waals surface area contributed by atoms with Gasteiger partial charge in [-0.1, -0.05) is 27.7 Å². The summed E-state index contributed by atoms with van der Waals surface area (Å²) in [5.74, 6) is 0.698. The number of amides is 2. The molecule has 0 aromatic heterocycles. The second-order valence-electron chi connectivity index (χ2n) is 6.25. The van der Waals surface area contributed by atoms with Crippen LogP contribution in [0.15, 0.2) is 0 Å². The first-order valence-corrected chi connectivity index (χ1v) is 8.07. The molecule has 2 atom stereocenters. The Morgan fingerprint density at radius 2 is 1.75 bits per heavy atom. The maximum atomic E-state index is 12.3. The summed E-state index contributed by atoms with van der Waals surface area (Å²) in [5.41, 5.74) is 0. The van der Waals surface area contributed by atoms with Crippen LogP contribution >= 0.6 is 0 Å². The van der Waals surface area contributed by atoms with Crippen LogP contribution in [0.4, 0.5) is 0 Å². The fourth-order valence-electron chi connectivity index (χ4n) is 2.48. The standard InChI is InChI=1S/C16H30N2O2/c1-5-9-18(10-6-2)16(20)14-11-13(14)15(19)17-8-7-12(3)4/h12-14H,5-11H2,1-4H3,(H,17,19). The number of nitrogens with zero attached hydrogens (tertiary/aromatic N) is 1. The SMILES string of the molecule is CCCN(CCC)C(=O)C1CC1C(=O)NCCC(C)C. The molecule has 1 N–H and O–H groups in total. The maximum absolute atomic E-state index is 12.3. The van der Waals surface area contributed by atoms with E-state index >= 15 is 0 Å². The molecule has 0 radical (unpaired) electrons. The van der Waals surface area contributed by atoms with Gasteiger partial charge in [0, 0.05) is 19.6 Å². The molecule has 1 saturated carbocycles. The van der Waals surface area contributed by atoms with Crippen molar-refractivity contribution in [2.75, 3.05) is 19.6 Å². The van der Waals surface area contributed by atoms with Gasteiger partial charge in [-0.3, -0.25) is 9.59 Å². The molecule has 0 aromatic carbocycles. The number of hydrogen-bond donors (Lipinski definition) is 1. The fraction of sp³-hybridized carbons (Fsp3) is 0.875. The van der Waals surface area contributed by atoms with E-state index in [-0.39, 0.29) is 23.7 Å². The summed E-state index contributed by atoms with van der Waals surface area (Å²) in [5, 5.41) is 2.95. The molecule has 0 bridgehead atoms. The average Bonchev–Trinajstić information content (AvgIpc) is 3.17. The molecule has 0 saturated heterocycles. The number of nitrogens with one attached hydrogen (secondary N) is 1. The highest BCUT2D eigenvalue weighted by Crippen LogP contribution is 2.40. The zero-order valence-corrected chi connectivity index (χ0v) is 13.4. The molecular weight excluding hydrogens is 252 g/mol. The Hall–Kier alpha value is -1.06. The number of rotatable bonds is 9. The Kier molecular flexibility index (Phi) is 7.03. The van der Waals surface area contributed by atoms with Crippen molar-refractivity contribution < 1.29 is 9.59 Å². The first-order chi connectivity index (χ1) is 9.51. The normalized spacial score (nSPS) is 20.9. The van der Waals surface area contributed by atoms with Gasteiger partial charge in [-0.25, -0.2) is 0 Å². The van der Waals surface area contributed by atoms with Gasteiger partial charge in [0.25, 0.3) is 0 Å². The van der Waals surface area contributed by atoms with Crippen molar-refractivity contribution in [1.82, 2.24) is 10.2 Å². The van der Waals surface area contributed by atoms with Crippen LogP contribution in [-0.2, 0) is 9.59 Å². The minimum absolute atomic E-state index is 0.0628. The third-order valence-electron chi connectivity index (χ3n) is 3.76. The Morgan fingerprint density at radius 3 is 2.25 bits per heavy atom. The van der Waals surface area contributed by atoms with Crippen LogP contribution < -0.4 is 5.32 Å². The Balaban J connectivity index is 2.36. The largest absolute Gasteiger partial charge is 0.356 e. The van der Waals surface area contributed by atoms with E-state index in [1.807, 2.05) is 4.90 Å². The summed E-state index contributed by atoms with van der Waals surface area (Å²) >= 11 is 0. The van der Waals surface area contributed by atoms with E-state index in [1.54, 1.807) is 0 Å². The van der Waals surface area contributed by atoms with Gasteiger partial charge in [0.05, 0.1) is 11.8 Å². The summed E-state index contributed by atoms with van der Waals surface area (Å²) in [4.78, 5) is 26.2. The monoisotopic (exact) mass is 282 g/mol. The predicted octanol–water partition coefficient (Wildman–Crippen LogP) is 2.43. The predicted molar refractivity (Wildman–Crippen MR) is 81.2 cm³/mol.